The lowest BCUT2D eigenvalue weighted by molar-refractivity contribution is 0.0261. The van der Waals surface area contributed by atoms with Crippen molar-refractivity contribution in [1.29, 1.82) is 0 Å². The number of hydrogen-bond acceptors (Lipinski definition) is 2. The zero-order valence-electron chi connectivity index (χ0n) is 11.9. The molecular weight excluding hydrogens is 232 g/mol. The highest BCUT2D eigenvalue weighted by Crippen LogP contribution is 2.43. The molecule has 0 bridgehead atoms. The molecule has 0 amide bonds. The maximum Gasteiger partial charge on any atom is 0.0460 e. The molecule has 2 fully saturated rings. The normalized spacial score (nSPS) is 25.3. The number of likely N-dealkylation sites (tertiary alicyclic amines) is 1. The predicted octanol–water partition coefficient (Wildman–Crippen LogP) is 3.27. The Morgan fingerprint density at radius 1 is 0.947 bits per heavy atom. The monoisotopic (exact) mass is 258 g/mol. The topological polar surface area (TPSA) is 29.3 Å². The van der Waals surface area contributed by atoms with Crippen LogP contribution in [0.15, 0.2) is 30.3 Å². The smallest absolute Gasteiger partial charge is 0.0460 e. The molecular formula is C17H26N2. The molecule has 2 nitrogen and oxygen atoms in total. The maximum absolute atomic E-state index is 6.08. The summed E-state index contributed by atoms with van der Waals surface area (Å²) >= 11 is 0. The number of benzene rings is 1. The molecule has 0 spiro atoms. The first-order chi connectivity index (χ1) is 9.31. The summed E-state index contributed by atoms with van der Waals surface area (Å²) in [5.74, 6) is 0. The fourth-order valence-electron chi connectivity index (χ4n) is 4.00. The Labute approximate surface area is 117 Å². The second-order valence-corrected chi connectivity index (χ2v) is 6.28. The second kappa shape index (κ2) is 5.64. The molecule has 19 heavy (non-hydrogen) atoms. The molecule has 3 rings (SSSR count). The van der Waals surface area contributed by atoms with Gasteiger partial charge in [0.25, 0.3) is 0 Å². The van der Waals surface area contributed by atoms with Crippen LogP contribution in [0.3, 0.4) is 0 Å². The maximum atomic E-state index is 6.08. The minimum atomic E-state index is 0.305. The Kier molecular flexibility index (Phi) is 3.90. The third-order valence-electron chi connectivity index (χ3n) is 5.14. The van der Waals surface area contributed by atoms with Gasteiger partial charge in [-0.15, -0.1) is 0 Å². The van der Waals surface area contributed by atoms with E-state index >= 15 is 0 Å². The Morgan fingerprint density at radius 3 is 2.21 bits per heavy atom. The van der Waals surface area contributed by atoms with Gasteiger partial charge in [-0.25, -0.2) is 0 Å². The van der Waals surface area contributed by atoms with Gasteiger partial charge >= 0.3 is 0 Å². The second-order valence-electron chi connectivity index (χ2n) is 6.28. The summed E-state index contributed by atoms with van der Waals surface area (Å²) in [6.07, 6.45) is 9.12. The minimum Gasteiger partial charge on any atom is -0.328 e. The molecule has 2 aliphatic rings. The molecule has 104 valence electrons. The van der Waals surface area contributed by atoms with Crippen LogP contribution in [0.25, 0.3) is 0 Å². The summed E-state index contributed by atoms with van der Waals surface area (Å²) in [4.78, 5) is 2.74. The molecule has 1 aromatic carbocycles. The summed E-state index contributed by atoms with van der Waals surface area (Å²) in [6, 6.07) is 11.6. The first kappa shape index (κ1) is 13.1. The van der Waals surface area contributed by atoms with Crippen LogP contribution in [-0.2, 0) is 5.54 Å². The number of nitrogens with zero attached hydrogens (tertiary/aromatic N) is 1. The van der Waals surface area contributed by atoms with E-state index in [0.717, 1.165) is 12.8 Å². The lowest BCUT2D eigenvalue weighted by Gasteiger charge is -2.49. The van der Waals surface area contributed by atoms with Gasteiger partial charge < -0.3 is 5.73 Å². The molecule has 1 saturated carbocycles. The average Bonchev–Trinajstić information content (AvgIpc) is 2.49. The van der Waals surface area contributed by atoms with Crippen LogP contribution in [0.1, 0.15) is 50.5 Å². The van der Waals surface area contributed by atoms with Gasteiger partial charge in [-0.05, 0) is 31.2 Å². The lowest BCUT2D eigenvalue weighted by atomic mass is 9.74. The van der Waals surface area contributed by atoms with Crippen molar-refractivity contribution in [2.75, 3.05) is 13.1 Å². The van der Waals surface area contributed by atoms with Gasteiger partial charge in [0, 0.05) is 24.7 Å². The lowest BCUT2D eigenvalue weighted by Crippen LogP contribution is -2.52. The van der Waals surface area contributed by atoms with Crippen LogP contribution >= 0.6 is 0 Å². The SMILES string of the molecule is NC1CCN(C2(c3ccccc3)CCCCC2)CC1. The Morgan fingerprint density at radius 2 is 1.58 bits per heavy atom. The fourth-order valence-corrected chi connectivity index (χ4v) is 4.00. The van der Waals surface area contributed by atoms with E-state index in [9.17, 15) is 0 Å². The van der Waals surface area contributed by atoms with E-state index in [4.69, 9.17) is 5.73 Å². The van der Waals surface area contributed by atoms with Crippen LogP contribution in [-0.4, -0.2) is 24.0 Å². The largest absolute Gasteiger partial charge is 0.328 e. The van der Waals surface area contributed by atoms with Crippen LogP contribution in [0.5, 0.6) is 0 Å². The van der Waals surface area contributed by atoms with E-state index in [2.05, 4.69) is 35.2 Å². The van der Waals surface area contributed by atoms with Gasteiger partial charge in [0.1, 0.15) is 0 Å². The molecule has 0 aromatic heterocycles. The van der Waals surface area contributed by atoms with Gasteiger partial charge in [0.2, 0.25) is 0 Å². The van der Waals surface area contributed by atoms with Gasteiger partial charge in [0.15, 0.2) is 0 Å². The van der Waals surface area contributed by atoms with Crippen LogP contribution < -0.4 is 5.73 Å². The Bertz CT molecular complexity index is 387. The van der Waals surface area contributed by atoms with Gasteiger partial charge in [0.05, 0.1) is 0 Å². The standard InChI is InChI=1S/C17H26N2/c18-16-9-13-19(14-10-16)17(11-5-2-6-12-17)15-7-3-1-4-8-15/h1,3-4,7-8,16H,2,5-6,9-14,18H2. The summed E-state index contributed by atoms with van der Waals surface area (Å²) in [5.41, 5.74) is 7.92. The van der Waals surface area contributed by atoms with E-state index in [1.165, 1.54) is 50.8 Å². The van der Waals surface area contributed by atoms with Crippen molar-refractivity contribution in [3.8, 4) is 0 Å². The van der Waals surface area contributed by atoms with Crippen molar-refractivity contribution in [3.05, 3.63) is 35.9 Å². The van der Waals surface area contributed by atoms with E-state index in [0.29, 0.717) is 11.6 Å². The molecule has 0 radical (unpaired) electrons. The van der Waals surface area contributed by atoms with Crippen molar-refractivity contribution in [2.24, 2.45) is 5.73 Å². The summed E-state index contributed by atoms with van der Waals surface area (Å²) in [6.45, 7) is 2.35. The summed E-state index contributed by atoms with van der Waals surface area (Å²) in [7, 11) is 0. The quantitative estimate of drug-likeness (QED) is 0.882. The third kappa shape index (κ3) is 2.56. The van der Waals surface area contributed by atoms with Crippen molar-refractivity contribution >= 4 is 0 Å². The first-order valence-electron chi connectivity index (χ1n) is 7.87. The molecule has 2 heteroatoms. The zero-order valence-corrected chi connectivity index (χ0v) is 11.9. The molecule has 1 heterocycles. The van der Waals surface area contributed by atoms with Crippen molar-refractivity contribution in [1.82, 2.24) is 4.90 Å². The molecule has 0 atom stereocenters. The average molecular weight is 258 g/mol. The van der Waals surface area contributed by atoms with E-state index in [1.807, 2.05) is 0 Å². The Hall–Kier alpha value is -0.860. The van der Waals surface area contributed by atoms with E-state index in [-0.39, 0.29) is 0 Å². The molecule has 1 aromatic rings. The number of hydrogen-bond donors (Lipinski definition) is 1. The van der Waals surface area contributed by atoms with Gasteiger partial charge in [-0.3, -0.25) is 4.90 Å². The van der Waals surface area contributed by atoms with E-state index in [1.54, 1.807) is 0 Å². The highest BCUT2D eigenvalue weighted by Gasteiger charge is 2.40. The summed E-state index contributed by atoms with van der Waals surface area (Å²) < 4.78 is 0. The predicted molar refractivity (Wildman–Crippen MR) is 80.0 cm³/mol. The van der Waals surface area contributed by atoms with Crippen LogP contribution in [0, 0.1) is 0 Å². The molecule has 1 saturated heterocycles. The minimum absolute atomic E-state index is 0.305. The number of rotatable bonds is 2. The molecule has 1 aliphatic carbocycles. The number of nitrogens with two attached hydrogens (primary N) is 1. The van der Waals surface area contributed by atoms with Gasteiger partial charge in [-0.2, -0.15) is 0 Å². The molecule has 0 unspecified atom stereocenters. The third-order valence-corrected chi connectivity index (χ3v) is 5.14. The fraction of sp³-hybridized carbons (Fsp3) is 0.647. The van der Waals surface area contributed by atoms with Gasteiger partial charge in [-0.1, -0.05) is 49.6 Å². The highest BCUT2D eigenvalue weighted by molar-refractivity contribution is 5.25. The molecule has 1 aliphatic heterocycles. The summed E-state index contributed by atoms with van der Waals surface area (Å²) in [5, 5.41) is 0. The van der Waals surface area contributed by atoms with Crippen LogP contribution in [0.4, 0.5) is 0 Å². The Balaban J connectivity index is 1.88. The van der Waals surface area contributed by atoms with Crippen molar-refractivity contribution in [3.63, 3.8) is 0 Å². The highest BCUT2D eigenvalue weighted by atomic mass is 15.2. The first-order valence-corrected chi connectivity index (χ1v) is 7.87. The number of piperidine rings is 1. The van der Waals surface area contributed by atoms with E-state index < -0.39 is 0 Å². The zero-order chi connectivity index (χ0) is 13.1. The van der Waals surface area contributed by atoms with Crippen molar-refractivity contribution in [2.45, 2.75) is 56.5 Å². The van der Waals surface area contributed by atoms with Crippen LogP contribution in [0.2, 0.25) is 0 Å². The molecule has 2 N–H and O–H groups in total. The van der Waals surface area contributed by atoms with Crippen molar-refractivity contribution < 1.29 is 0 Å².